The molecule has 0 atom stereocenters. The molecule has 118 valence electrons. The number of rotatable bonds is 5. The Morgan fingerprint density at radius 2 is 1.87 bits per heavy atom. The van der Waals surface area contributed by atoms with Gasteiger partial charge < -0.3 is 14.0 Å². The summed E-state index contributed by atoms with van der Waals surface area (Å²) < 4.78 is 12.5. The first-order chi connectivity index (χ1) is 11.3. The van der Waals surface area contributed by atoms with Gasteiger partial charge in [0.1, 0.15) is 17.2 Å². The van der Waals surface area contributed by atoms with Crippen LogP contribution in [0, 0.1) is 0 Å². The molecule has 0 aliphatic rings. The monoisotopic (exact) mass is 310 g/mol. The number of azo groups is 1. The van der Waals surface area contributed by atoms with E-state index in [2.05, 4.69) is 22.1 Å². The van der Waals surface area contributed by atoms with Crippen LogP contribution >= 0.6 is 0 Å². The molecule has 0 amide bonds. The molecular weight excluding hydrogens is 292 g/mol. The minimum absolute atomic E-state index is 0.576. The fraction of sp³-hybridized carbons (Fsp3) is 0.235. The largest absolute Gasteiger partial charge is 0.497 e. The van der Waals surface area contributed by atoms with E-state index in [1.165, 1.54) is 0 Å². The van der Waals surface area contributed by atoms with E-state index in [1.807, 2.05) is 34.9 Å². The van der Waals surface area contributed by atoms with E-state index in [0.29, 0.717) is 23.1 Å². The molecule has 0 fully saturated rings. The van der Waals surface area contributed by atoms with Crippen molar-refractivity contribution in [1.82, 2.24) is 9.55 Å². The lowest BCUT2D eigenvalue weighted by molar-refractivity contribution is 0.395. The molecule has 0 saturated carbocycles. The predicted octanol–water partition coefficient (Wildman–Crippen LogP) is 4.49. The van der Waals surface area contributed by atoms with Gasteiger partial charge in [0.15, 0.2) is 0 Å². The van der Waals surface area contributed by atoms with Crippen molar-refractivity contribution in [1.29, 1.82) is 0 Å². The second-order valence-corrected chi connectivity index (χ2v) is 4.88. The maximum Gasteiger partial charge on any atom is 0.250 e. The summed E-state index contributed by atoms with van der Waals surface area (Å²) in [4.78, 5) is 4.52. The van der Waals surface area contributed by atoms with Crippen molar-refractivity contribution in [2.45, 2.75) is 13.5 Å². The number of hydrogen-bond donors (Lipinski definition) is 0. The third kappa shape index (κ3) is 2.88. The minimum atomic E-state index is 0.576. The lowest BCUT2D eigenvalue weighted by atomic mass is 10.3. The van der Waals surface area contributed by atoms with Crippen LogP contribution in [0.15, 0.2) is 52.7 Å². The predicted molar refractivity (Wildman–Crippen MR) is 89.1 cm³/mol. The lowest BCUT2D eigenvalue weighted by Crippen LogP contribution is -1.92. The fourth-order valence-corrected chi connectivity index (χ4v) is 2.42. The Kier molecular flexibility index (Phi) is 4.23. The molecular formula is C17H18N4O2. The zero-order valence-corrected chi connectivity index (χ0v) is 13.4. The number of imidazole rings is 1. The summed E-state index contributed by atoms with van der Waals surface area (Å²) in [6, 6.07) is 13.3. The molecule has 23 heavy (non-hydrogen) atoms. The Morgan fingerprint density at radius 3 is 2.61 bits per heavy atom. The van der Waals surface area contributed by atoms with Crippen LogP contribution in [0.4, 0.5) is 11.6 Å². The second-order valence-electron chi connectivity index (χ2n) is 4.88. The Morgan fingerprint density at radius 1 is 1.04 bits per heavy atom. The number of aromatic nitrogens is 2. The van der Waals surface area contributed by atoms with Crippen LogP contribution in [-0.2, 0) is 6.54 Å². The van der Waals surface area contributed by atoms with Gasteiger partial charge in [0.05, 0.1) is 25.3 Å². The molecule has 6 nitrogen and oxygen atoms in total. The number of para-hydroxylation sites is 2. The van der Waals surface area contributed by atoms with Crippen LogP contribution in [0.25, 0.3) is 11.0 Å². The molecule has 6 heteroatoms. The van der Waals surface area contributed by atoms with Gasteiger partial charge in [-0.2, -0.15) is 0 Å². The molecule has 0 bridgehead atoms. The number of benzene rings is 2. The van der Waals surface area contributed by atoms with Crippen LogP contribution in [0.2, 0.25) is 0 Å². The molecule has 0 radical (unpaired) electrons. The highest BCUT2D eigenvalue weighted by Crippen LogP contribution is 2.33. The quantitative estimate of drug-likeness (QED) is 0.652. The van der Waals surface area contributed by atoms with E-state index in [-0.39, 0.29) is 0 Å². The number of methoxy groups -OCH3 is 2. The Hall–Kier alpha value is -2.89. The minimum Gasteiger partial charge on any atom is -0.497 e. The molecule has 0 spiro atoms. The smallest absolute Gasteiger partial charge is 0.250 e. The van der Waals surface area contributed by atoms with E-state index in [0.717, 1.165) is 17.6 Å². The second kappa shape index (κ2) is 6.48. The molecule has 0 aliphatic heterocycles. The summed E-state index contributed by atoms with van der Waals surface area (Å²) in [5.74, 6) is 1.89. The van der Waals surface area contributed by atoms with Crippen LogP contribution in [0.1, 0.15) is 6.92 Å². The number of hydrogen-bond acceptors (Lipinski definition) is 5. The van der Waals surface area contributed by atoms with Gasteiger partial charge in [-0.05, 0) is 31.2 Å². The summed E-state index contributed by atoms with van der Waals surface area (Å²) in [7, 11) is 3.20. The highest BCUT2D eigenvalue weighted by Gasteiger charge is 2.09. The molecule has 1 aromatic heterocycles. The van der Waals surface area contributed by atoms with Crippen LogP contribution in [0.5, 0.6) is 11.5 Å². The summed E-state index contributed by atoms with van der Waals surface area (Å²) in [5, 5.41) is 8.59. The van der Waals surface area contributed by atoms with Gasteiger partial charge in [0.25, 0.3) is 0 Å². The third-order valence-electron chi connectivity index (χ3n) is 3.58. The number of ether oxygens (including phenoxy) is 2. The molecule has 3 aromatic rings. The average Bonchev–Trinajstić information content (AvgIpc) is 2.97. The van der Waals surface area contributed by atoms with Gasteiger partial charge in [-0.15, -0.1) is 10.2 Å². The molecule has 0 saturated heterocycles. The maximum atomic E-state index is 5.33. The molecule has 0 unspecified atom stereocenters. The zero-order valence-electron chi connectivity index (χ0n) is 13.4. The highest BCUT2D eigenvalue weighted by molar-refractivity contribution is 5.78. The van der Waals surface area contributed by atoms with Gasteiger partial charge in [0.2, 0.25) is 5.95 Å². The fourth-order valence-electron chi connectivity index (χ4n) is 2.42. The van der Waals surface area contributed by atoms with E-state index in [4.69, 9.17) is 9.47 Å². The average molecular weight is 310 g/mol. The van der Waals surface area contributed by atoms with Crippen LogP contribution in [-0.4, -0.2) is 23.8 Å². The first kappa shape index (κ1) is 15.0. The van der Waals surface area contributed by atoms with Crippen molar-refractivity contribution in [2.75, 3.05) is 14.2 Å². The number of aryl methyl sites for hydroxylation is 1. The van der Waals surface area contributed by atoms with E-state index >= 15 is 0 Å². The standard InChI is InChI=1S/C17H18N4O2/c1-4-21-15-8-6-5-7-13(15)18-17(21)20-19-14-10-9-12(22-2)11-16(14)23-3/h5-11H,4H2,1-3H3. The Labute approximate surface area is 134 Å². The molecule has 2 aromatic carbocycles. The van der Waals surface area contributed by atoms with E-state index in [1.54, 1.807) is 26.4 Å². The van der Waals surface area contributed by atoms with Crippen LogP contribution < -0.4 is 9.47 Å². The summed E-state index contributed by atoms with van der Waals surface area (Å²) >= 11 is 0. The number of fused-ring (bicyclic) bond motifs is 1. The van der Waals surface area contributed by atoms with Gasteiger partial charge in [0, 0.05) is 12.6 Å². The first-order valence-electron chi connectivity index (χ1n) is 7.36. The van der Waals surface area contributed by atoms with Crippen LogP contribution in [0.3, 0.4) is 0 Å². The third-order valence-corrected chi connectivity index (χ3v) is 3.58. The normalized spacial score (nSPS) is 11.3. The summed E-state index contributed by atoms with van der Waals surface area (Å²) in [6.07, 6.45) is 0. The van der Waals surface area contributed by atoms with Gasteiger partial charge in [-0.1, -0.05) is 12.1 Å². The van der Waals surface area contributed by atoms with Gasteiger partial charge >= 0.3 is 0 Å². The molecule has 0 aliphatic carbocycles. The first-order valence-corrected chi connectivity index (χ1v) is 7.36. The van der Waals surface area contributed by atoms with Gasteiger partial charge in [-0.25, -0.2) is 4.98 Å². The van der Waals surface area contributed by atoms with Gasteiger partial charge in [-0.3, -0.25) is 0 Å². The van der Waals surface area contributed by atoms with E-state index in [9.17, 15) is 0 Å². The molecule has 1 heterocycles. The van der Waals surface area contributed by atoms with Crippen molar-refractivity contribution in [3.63, 3.8) is 0 Å². The van der Waals surface area contributed by atoms with Crippen molar-refractivity contribution >= 4 is 22.7 Å². The SMILES string of the molecule is CCn1c(N=Nc2ccc(OC)cc2OC)nc2ccccc21. The highest BCUT2D eigenvalue weighted by atomic mass is 16.5. The molecule has 3 rings (SSSR count). The topological polar surface area (TPSA) is 61.0 Å². The van der Waals surface area contributed by atoms with Crippen molar-refractivity contribution < 1.29 is 9.47 Å². The summed E-state index contributed by atoms with van der Waals surface area (Å²) in [6.45, 7) is 2.83. The van der Waals surface area contributed by atoms with Crippen molar-refractivity contribution in [2.24, 2.45) is 10.2 Å². The van der Waals surface area contributed by atoms with Crippen molar-refractivity contribution in [3.05, 3.63) is 42.5 Å². The number of nitrogens with zero attached hydrogens (tertiary/aromatic N) is 4. The van der Waals surface area contributed by atoms with E-state index < -0.39 is 0 Å². The Bertz CT molecular complexity index is 855. The maximum absolute atomic E-state index is 5.33. The zero-order chi connectivity index (χ0) is 16.2. The molecule has 0 N–H and O–H groups in total. The summed E-state index contributed by atoms with van der Waals surface area (Å²) in [5.41, 5.74) is 2.58. The lowest BCUT2D eigenvalue weighted by Gasteiger charge is -2.06. The van der Waals surface area contributed by atoms with Crippen molar-refractivity contribution in [3.8, 4) is 11.5 Å². The Balaban J connectivity index is 2.00.